The van der Waals surface area contributed by atoms with Crippen LogP contribution in [0.15, 0.2) is 6.20 Å². The van der Waals surface area contributed by atoms with E-state index >= 15 is 0 Å². The minimum Gasteiger partial charge on any atom is -0.394 e. The van der Waals surface area contributed by atoms with Crippen LogP contribution < -0.4 is 10.6 Å². The fourth-order valence-corrected chi connectivity index (χ4v) is 2.31. The van der Waals surface area contributed by atoms with E-state index in [-0.39, 0.29) is 12.1 Å². The van der Waals surface area contributed by atoms with Crippen molar-refractivity contribution in [3.8, 4) is 0 Å². The van der Waals surface area contributed by atoms with Crippen molar-refractivity contribution in [3.63, 3.8) is 0 Å². The monoisotopic (exact) mass is 236 g/mol. The van der Waals surface area contributed by atoms with Gasteiger partial charge >= 0.3 is 0 Å². The Morgan fingerprint density at radius 2 is 2.12 bits per heavy atom. The summed E-state index contributed by atoms with van der Waals surface area (Å²) in [7, 11) is 1.80. The molecule has 1 aromatic heterocycles. The Balaban J connectivity index is 2.22. The third kappa shape index (κ3) is 2.49. The smallest absolute Gasteiger partial charge is 0.224 e. The van der Waals surface area contributed by atoms with Gasteiger partial charge in [-0.15, -0.1) is 0 Å². The van der Waals surface area contributed by atoms with E-state index in [4.69, 9.17) is 0 Å². The summed E-state index contributed by atoms with van der Waals surface area (Å²) in [5.74, 6) is 1.42. The van der Waals surface area contributed by atoms with Gasteiger partial charge in [0, 0.05) is 18.8 Å². The Morgan fingerprint density at radius 1 is 1.41 bits per heavy atom. The van der Waals surface area contributed by atoms with Crippen LogP contribution in [0.3, 0.4) is 0 Å². The summed E-state index contributed by atoms with van der Waals surface area (Å²) < 4.78 is 0. The van der Waals surface area contributed by atoms with E-state index in [0.29, 0.717) is 5.95 Å². The van der Waals surface area contributed by atoms with Crippen molar-refractivity contribution in [2.75, 3.05) is 24.3 Å². The van der Waals surface area contributed by atoms with Crippen molar-refractivity contribution in [1.29, 1.82) is 0 Å². The number of anilines is 2. The van der Waals surface area contributed by atoms with Gasteiger partial charge in [0.05, 0.1) is 12.1 Å². The van der Waals surface area contributed by atoms with E-state index in [1.165, 1.54) is 0 Å². The normalized spacial score (nSPS) is 18.1. The highest BCUT2D eigenvalue weighted by Crippen LogP contribution is 2.33. The summed E-state index contributed by atoms with van der Waals surface area (Å²) >= 11 is 0. The molecule has 94 valence electrons. The number of aryl methyl sites for hydroxylation is 1. The Hall–Kier alpha value is -1.36. The van der Waals surface area contributed by atoms with Crippen LogP contribution in [-0.4, -0.2) is 34.3 Å². The molecular weight excluding hydrogens is 216 g/mol. The lowest BCUT2D eigenvalue weighted by Gasteiger charge is -2.29. The zero-order valence-corrected chi connectivity index (χ0v) is 10.5. The predicted molar refractivity (Wildman–Crippen MR) is 68.2 cm³/mol. The van der Waals surface area contributed by atoms with Crippen LogP contribution in [0.4, 0.5) is 11.8 Å². The molecule has 0 aliphatic heterocycles. The molecule has 0 radical (unpaired) electrons. The molecule has 0 amide bonds. The molecule has 2 rings (SSSR count). The summed E-state index contributed by atoms with van der Waals surface area (Å²) in [4.78, 5) is 8.56. The van der Waals surface area contributed by atoms with Crippen LogP contribution in [0.5, 0.6) is 0 Å². The lowest BCUT2D eigenvalue weighted by molar-refractivity contribution is 0.213. The molecule has 0 bridgehead atoms. The van der Waals surface area contributed by atoms with Gasteiger partial charge in [0.25, 0.3) is 0 Å². The first-order chi connectivity index (χ1) is 8.19. The fourth-order valence-electron chi connectivity index (χ4n) is 2.31. The number of rotatable bonds is 4. The zero-order valence-electron chi connectivity index (χ0n) is 10.5. The lowest BCUT2D eigenvalue weighted by atomic mass is 9.99. The summed E-state index contributed by atoms with van der Waals surface area (Å²) in [5, 5.41) is 15.9. The second-order valence-corrected chi connectivity index (χ2v) is 4.75. The third-order valence-corrected chi connectivity index (χ3v) is 3.44. The first-order valence-corrected chi connectivity index (χ1v) is 6.09. The van der Waals surface area contributed by atoms with Gasteiger partial charge in [-0.25, -0.2) is 4.98 Å². The summed E-state index contributed by atoms with van der Waals surface area (Å²) in [6.07, 6.45) is 6.12. The van der Waals surface area contributed by atoms with Crippen molar-refractivity contribution < 1.29 is 5.11 Å². The number of aliphatic hydroxyl groups excluding tert-OH is 1. The average molecular weight is 236 g/mol. The number of nitrogens with one attached hydrogen (secondary N) is 2. The van der Waals surface area contributed by atoms with Crippen LogP contribution in [-0.2, 0) is 0 Å². The van der Waals surface area contributed by atoms with Gasteiger partial charge in [0.2, 0.25) is 5.95 Å². The van der Waals surface area contributed by atoms with Crippen LogP contribution in [0.25, 0.3) is 0 Å². The van der Waals surface area contributed by atoms with E-state index < -0.39 is 0 Å². The highest BCUT2D eigenvalue weighted by molar-refractivity contribution is 5.48. The van der Waals surface area contributed by atoms with Crippen LogP contribution in [0, 0.1) is 6.92 Å². The third-order valence-electron chi connectivity index (χ3n) is 3.44. The number of hydrogen-bond donors (Lipinski definition) is 3. The van der Waals surface area contributed by atoms with E-state index in [1.54, 1.807) is 13.2 Å². The highest BCUT2D eigenvalue weighted by Gasteiger charge is 2.33. The molecule has 1 saturated carbocycles. The summed E-state index contributed by atoms with van der Waals surface area (Å²) in [5.41, 5.74) is 0.813. The topological polar surface area (TPSA) is 70.1 Å². The van der Waals surface area contributed by atoms with Crippen molar-refractivity contribution in [3.05, 3.63) is 11.8 Å². The maximum Gasteiger partial charge on any atom is 0.224 e. The maximum absolute atomic E-state index is 9.57. The highest BCUT2D eigenvalue weighted by atomic mass is 16.3. The second kappa shape index (κ2) is 4.87. The fraction of sp³-hybridized carbons (Fsp3) is 0.667. The Bertz CT molecular complexity index is 388. The maximum atomic E-state index is 9.57. The number of aliphatic hydroxyl groups is 1. The first-order valence-electron chi connectivity index (χ1n) is 6.09. The SMILES string of the molecule is CNc1ncc(C)c(NC2(CO)CCCC2)n1. The molecule has 17 heavy (non-hydrogen) atoms. The largest absolute Gasteiger partial charge is 0.394 e. The minimum atomic E-state index is -0.190. The number of aromatic nitrogens is 2. The standard InChI is InChI=1S/C12H20N4O/c1-9-7-14-11(13-2)15-10(9)16-12(8-17)5-3-4-6-12/h7,17H,3-6,8H2,1-2H3,(H2,13,14,15,16). The van der Waals surface area contributed by atoms with Gasteiger partial charge in [-0.2, -0.15) is 4.98 Å². The Labute approximate surface area is 102 Å². The molecule has 0 saturated heterocycles. The van der Waals surface area contributed by atoms with Gasteiger partial charge in [-0.3, -0.25) is 0 Å². The number of hydrogen-bond acceptors (Lipinski definition) is 5. The van der Waals surface area contributed by atoms with Gasteiger partial charge in [0.1, 0.15) is 5.82 Å². The van der Waals surface area contributed by atoms with Crippen molar-refractivity contribution in [2.45, 2.75) is 38.1 Å². The average Bonchev–Trinajstić information content (AvgIpc) is 2.81. The zero-order chi connectivity index (χ0) is 12.3. The molecule has 3 N–H and O–H groups in total. The Morgan fingerprint density at radius 3 is 2.71 bits per heavy atom. The quantitative estimate of drug-likeness (QED) is 0.740. The van der Waals surface area contributed by atoms with Crippen molar-refractivity contribution in [2.24, 2.45) is 0 Å². The molecule has 1 aromatic rings. The van der Waals surface area contributed by atoms with Crippen molar-refractivity contribution in [1.82, 2.24) is 9.97 Å². The molecule has 0 atom stereocenters. The van der Waals surface area contributed by atoms with Gasteiger partial charge < -0.3 is 15.7 Å². The predicted octanol–water partition coefficient (Wildman–Crippen LogP) is 1.54. The lowest BCUT2D eigenvalue weighted by Crippen LogP contribution is -2.39. The number of nitrogens with zero attached hydrogens (tertiary/aromatic N) is 2. The van der Waals surface area contributed by atoms with Crippen molar-refractivity contribution >= 4 is 11.8 Å². The van der Waals surface area contributed by atoms with E-state index in [0.717, 1.165) is 37.1 Å². The Kier molecular flexibility index (Phi) is 3.47. The summed E-state index contributed by atoms with van der Waals surface area (Å²) in [6, 6.07) is 0. The molecule has 0 unspecified atom stereocenters. The second-order valence-electron chi connectivity index (χ2n) is 4.75. The molecule has 1 fully saturated rings. The first kappa shape index (κ1) is 12.1. The summed E-state index contributed by atoms with van der Waals surface area (Å²) in [6.45, 7) is 2.13. The van der Waals surface area contributed by atoms with E-state index in [1.807, 2.05) is 6.92 Å². The van der Waals surface area contributed by atoms with Crippen LogP contribution >= 0.6 is 0 Å². The van der Waals surface area contributed by atoms with Gasteiger partial charge in [0.15, 0.2) is 0 Å². The molecule has 1 heterocycles. The molecular formula is C12H20N4O. The van der Waals surface area contributed by atoms with E-state index in [2.05, 4.69) is 20.6 Å². The van der Waals surface area contributed by atoms with E-state index in [9.17, 15) is 5.11 Å². The van der Waals surface area contributed by atoms with Gasteiger partial charge in [-0.1, -0.05) is 12.8 Å². The van der Waals surface area contributed by atoms with Crippen LogP contribution in [0.2, 0.25) is 0 Å². The molecule has 0 spiro atoms. The molecule has 1 aliphatic rings. The molecule has 1 aliphatic carbocycles. The minimum absolute atomic E-state index is 0.158. The molecule has 5 nitrogen and oxygen atoms in total. The molecule has 0 aromatic carbocycles. The van der Waals surface area contributed by atoms with Gasteiger partial charge in [-0.05, 0) is 19.8 Å². The van der Waals surface area contributed by atoms with Crippen LogP contribution in [0.1, 0.15) is 31.2 Å². The molecule has 5 heteroatoms.